The summed E-state index contributed by atoms with van der Waals surface area (Å²) in [4.78, 5) is 16.5. The van der Waals surface area contributed by atoms with E-state index in [0.717, 1.165) is 24.4 Å². The number of hydrogen-bond donors (Lipinski definition) is 1. The van der Waals surface area contributed by atoms with Crippen LogP contribution in [0.5, 0.6) is 5.75 Å². The molecule has 2 unspecified atom stereocenters. The molecule has 2 rings (SSSR count). The molecule has 1 fully saturated rings. The van der Waals surface area contributed by atoms with E-state index in [-0.39, 0.29) is 18.1 Å². The number of likely N-dealkylation sites (N-methyl/N-ethyl adjacent to an activating group) is 1. The maximum absolute atomic E-state index is 12.4. The molecule has 21 heavy (non-hydrogen) atoms. The highest BCUT2D eigenvalue weighted by Crippen LogP contribution is 2.31. The van der Waals surface area contributed by atoms with Gasteiger partial charge in [-0.05, 0) is 26.6 Å². The van der Waals surface area contributed by atoms with E-state index < -0.39 is 0 Å². The van der Waals surface area contributed by atoms with Gasteiger partial charge in [-0.1, -0.05) is 25.1 Å². The quantitative estimate of drug-likeness (QED) is 0.862. The average Bonchev–Trinajstić information content (AvgIpc) is 2.80. The zero-order valence-corrected chi connectivity index (χ0v) is 13.3. The molecule has 1 heterocycles. The average molecular weight is 291 g/mol. The van der Waals surface area contributed by atoms with Crippen molar-refractivity contribution in [3.63, 3.8) is 0 Å². The smallest absolute Gasteiger partial charge is 0.241 e. The zero-order valence-electron chi connectivity index (χ0n) is 13.3. The van der Waals surface area contributed by atoms with Crippen LogP contribution in [0.2, 0.25) is 0 Å². The van der Waals surface area contributed by atoms with Crippen molar-refractivity contribution in [3.05, 3.63) is 29.8 Å². The topological polar surface area (TPSA) is 44.8 Å². The van der Waals surface area contributed by atoms with Crippen LogP contribution in [0, 0.1) is 0 Å². The van der Waals surface area contributed by atoms with Crippen molar-refractivity contribution in [1.82, 2.24) is 15.1 Å². The first-order valence-electron chi connectivity index (χ1n) is 7.46. The molecule has 5 heteroatoms. The molecule has 0 saturated carbocycles. The molecule has 1 amide bonds. The van der Waals surface area contributed by atoms with E-state index in [9.17, 15) is 4.79 Å². The Balaban J connectivity index is 2.21. The number of carbonyl (C=O) groups excluding carboxylic acids is 1. The van der Waals surface area contributed by atoms with Gasteiger partial charge in [-0.2, -0.15) is 0 Å². The van der Waals surface area contributed by atoms with Gasteiger partial charge in [0, 0.05) is 18.7 Å². The second kappa shape index (κ2) is 6.91. The van der Waals surface area contributed by atoms with E-state index in [1.54, 1.807) is 7.11 Å². The van der Waals surface area contributed by atoms with E-state index in [1.807, 2.05) is 36.1 Å². The lowest BCUT2D eigenvalue weighted by Crippen LogP contribution is -2.37. The van der Waals surface area contributed by atoms with Gasteiger partial charge >= 0.3 is 0 Å². The first-order valence-corrected chi connectivity index (χ1v) is 7.46. The Morgan fingerprint density at radius 2 is 2.10 bits per heavy atom. The van der Waals surface area contributed by atoms with Crippen LogP contribution in [0.25, 0.3) is 0 Å². The fourth-order valence-electron chi connectivity index (χ4n) is 2.60. The number of hydrogen-bond acceptors (Lipinski definition) is 4. The molecule has 0 radical (unpaired) electrons. The first-order chi connectivity index (χ1) is 10.1. The van der Waals surface area contributed by atoms with Crippen LogP contribution in [0.4, 0.5) is 0 Å². The lowest BCUT2D eigenvalue weighted by atomic mass is 10.1. The van der Waals surface area contributed by atoms with Crippen molar-refractivity contribution in [2.75, 3.05) is 33.8 Å². The van der Waals surface area contributed by atoms with Gasteiger partial charge in [0.2, 0.25) is 5.91 Å². The SMILES string of the molecule is CCN(C)CCN1C(=O)C(C)NC1c1ccccc1OC. The summed E-state index contributed by atoms with van der Waals surface area (Å²) in [5.74, 6) is 0.959. The second-order valence-electron chi connectivity index (χ2n) is 5.46. The molecule has 1 aliphatic heterocycles. The van der Waals surface area contributed by atoms with Gasteiger partial charge in [0.1, 0.15) is 11.9 Å². The third-order valence-electron chi connectivity index (χ3n) is 4.07. The molecular weight excluding hydrogens is 266 g/mol. The summed E-state index contributed by atoms with van der Waals surface area (Å²) in [6, 6.07) is 7.70. The Morgan fingerprint density at radius 3 is 2.76 bits per heavy atom. The van der Waals surface area contributed by atoms with Crippen molar-refractivity contribution in [2.24, 2.45) is 0 Å². The highest BCUT2D eigenvalue weighted by atomic mass is 16.5. The van der Waals surface area contributed by atoms with E-state index in [1.165, 1.54) is 0 Å². The van der Waals surface area contributed by atoms with Gasteiger partial charge in [-0.15, -0.1) is 0 Å². The Morgan fingerprint density at radius 1 is 1.38 bits per heavy atom. The largest absolute Gasteiger partial charge is 0.496 e. The lowest BCUT2D eigenvalue weighted by Gasteiger charge is -2.27. The van der Waals surface area contributed by atoms with Crippen LogP contribution in [0.15, 0.2) is 24.3 Å². The Bertz CT molecular complexity index is 492. The molecule has 0 aromatic heterocycles. The van der Waals surface area contributed by atoms with Gasteiger partial charge in [-0.25, -0.2) is 0 Å². The van der Waals surface area contributed by atoms with E-state index in [4.69, 9.17) is 4.74 Å². The molecule has 0 spiro atoms. The van der Waals surface area contributed by atoms with E-state index in [0.29, 0.717) is 6.54 Å². The third-order valence-corrected chi connectivity index (χ3v) is 4.07. The van der Waals surface area contributed by atoms with Crippen molar-refractivity contribution < 1.29 is 9.53 Å². The summed E-state index contributed by atoms with van der Waals surface area (Å²) in [5.41, 5.74) is 1.01. The zero-order chi connectivity index (χ0) is 15.4. The Labute approximate surface area is 126 Å². The van der Waals surface area contributed by atoms with Crippen LogP contribution in [0.1, 0.15) is 25.6 Å². The fourth-order valence-corrected chi connectivity index (χ4v) is 2.60. The number of methoxy groups -OCH3 is 1. The summed E-state index contributed by atoms with van der Waals surface area (Å²) in [6.45, 7) is 6.58. The van der Waals surface area contributed by atoms with Gasteiger partial charge in [-0.3, -0.25) is 10.1 Å². The number of nitrogens with zero attached hydrogens (tertiary/aromatic N) is 2. The molecule has 1 saturated heterocycles. The number of carbonyl (C=O) groups is 1. The number of nitrogens with one attached hydrogen (secondary N) is 1. The van der Waals surface area contributed by atoms with Crippen LogP contribution < -0.4 is 10.1 Å². The maximum atomic E-state index is 12.4. The van der Waals surface area contributed by atoms with Crippen molar-refractivity contribution in [2.45, 2.75) is 26.1 Å². The molecule has 1 aromatic rings. The van der Waals surface area contributed by atoms with Gasteiger partial charge in [0.15, 0.2) is 0 Å². The molecular formula is C16H25N3O2. The minimum Gasteiger partial charge on any atom is -0.496 e. The molecule has 1 N–H and O–H groups in total. The third kappa shape index (κ3) is 3.36. The first kappa shape index (κ1) is 15.8. The lowest BCUT2D eigenvalue weighted by molar-refractivity contribution is -0.130. The van der Waals surface area contributed by atoms with E-state index >= 15 is 0 Å². The molecule has 1 aromatic carbocycles. The Hall–Kier alpha value is -1.59. The van der Waals surface area contributed by atoms with Gasteiger partial charge in [0.05, 0.1) is 13.2 Å². The summed E-state index contributed by atoms with van der Waals surface area (Å²) < 4.78 is 5.43. The molecule has 2 atom stereocenters. The van der Waals surface area contributed by atoms with Crippen LogP contribution >= 0.6 is 0 Å². The van der Waals surface area contributed by atoms with E-state index in [2.05, 4.69) is 24.2 Å². The van der Waals surface area contributed by atoms with Crippen molar-refractivity contribution in [1.29, 1.82) is 0 Å². The fraction of sp³-hybridized carbons (Fsp3) is 0.562. The molecule has 0 aliphatic carbocycles. The second-order valence-corrected chi connectivity index (χ2v) is 5.46. The minimum atomic E-state index is -0.160. The van der Waals surface area contributed by atoms with Crippen LogP contribution in [-0.2, 0) is 4.79 Å². The van der Waals surface area contributed by atoms with Crippen LogP contribution in [0.3, 0.4) is 0 Å². The predicted octanol–water partition coefficient (Wildman–Crippen LogP) is 1.47. The summed E-state index contributed by atoms with van der Waals surface area (Å²) in [5, 5.41) is 3.36. The van der Waals surface area contributed by atoms with Gasteiger partial charge in [0.25, 0.3) is 0 Å². The Kier molecular flexibility index (Phi) is 5.20. The summed E-state index contributed by atoms with van der Waals surface area (Å²) >= 11 is 0. The van der Waals surface area contributed by atoms with Crippen LogP contribution in [-0.4, -0.2) is 55.5 Å². The van der Waals surface area contributed by atoms with Crippen molar-refractivity contribution >= 4 is 5.91 Å². The molecule has 116 valence electrons. The maximum Gasteiger partial charge on any atom is 0.241 e. The molecule has 5 nitrogen and oxygen atoms in total. The highest BCUT2D eigenvalue weighted by molar-refractivity contribution is 5.84. The number of ether oxygens (including phenoxy) is 1. The monoisotopic (exact) mass is 291 g/mol. The van der Waals surface area contributed by atoms with Crippen molar-refractivity contribution in [3.8, 4) is 5.75 Å². The number of benzene rings is 1. The molecule has 1 aliphatic rings. The number of para-hydroxylation sites is 1. The molecule has 0 bridgehead atoms. The number of amides is 1. The van der Waals surface area contributed by atoms with Gasteiger partial charge < -0.3 is 14.5 Å². The summed E-state index contributed by atoms with van der Waals surface area (Å²) in [6.07, 6.45) is -0.117. The summed E-state index contributed by atoms with van der Waals surface area (Å²) in [7, 11) is 3.73. The standard InChI is InChI=1S/C16H25N3O2/c1-5-18(3)10-11-19-15(17-12(2)16(19)20)13-8-6-7-9-14(13)21-4/h6-9,12,15,17H,5,10-11H2,1-4H3. The predicted molar refractivity (Wildman–Crippen MR) is 83.2 cm³/mol. The highest BCUT2D eigenvalue weighted by Gasteiger charge is 2.37. The normalized spacial score (nSPS) is 22.1. The minimum absolute atomic E-state index is 0.117. The number of rotatable bonds is 6.